The van der Waals surface area contributed by atoms with Crippen LogP contribution in [0, 0.1) is 0 Å². The van der Waals surface area contributed by atoms with Crippen molar-refractivity contribution in [3.8, 4) is 5.75 Å². The van der Waals surface area contributed by atoms with Gasteiger partial charge < -0.3 is 4.74 Å². The highest BCUT2D eigenvalue weighted by Gasteiger charge is 2.12. The molecule has 0 N–H and O–H groups in total. The van der Waals surface area contributed by atoms with Crippen LogP contribution in [0.3, 0.4) is 0 Å². The number of ether oxygens (including phenoxy) is 1. The van der Waals surface area contributed by atoms with E-state index in [2.05, 4.69) is 24.3 Å². The average molecular weight is 411 g/mol. The Bertz CT molecular complexity index is 871. The number of hydrogen-bond donors (Lipinski definition) is 0. The maximum absolute atomic E-state index is 6.85. The summed E-state index contributed by atoms with van der Waals surface area (Å²) in [4.78, 5) is 0. The second-order valence-electron chi connectivity index (χ2n) is 6.54. The number of benzene rings is 3. The quantitative estimate of drug-likeness (QED) is 0.200. The molecular weight excluding hydrogens is 387 g/mol. The molecule has 0 spiro atoms. The van der Waals surface area contributed by atoms with E-state index in [4.69, 9.17) is 27.9 Å². The first-order valence-electron chi connectivity index (χ1n) is 9.59. The van der Waals surface area contributed by atoms with Crippen molar-refractivity contribution in [3.63, 3.8) is 0 Å². The van der Waals surface area contributed by atoms with Crippen LogP contribution in [0.5, 0.6) is 5.75 Å². The molecule has 0 saturated heterocycles. The maximum Gasteiger partial charge on any atom is 0.119 e. The minimum atomic E-state index is 0.711. The van der Waals surface area contributed by atoms with E-state index in [-0.39, 0.29) is 0 Å². The van der Waals surface area contributed by atoms with E-state index >= 15 is 0 Å². The minimum Gasteiger partial charge on any atom is -0.494 e. The zero-order chi connectivity index (χ0) is 19.6. The lowest BCUT2D eigenvalue weighted by molar-refractivity contribution is 0.306. The lowest BCUT2D eigenvalue weighted by Crippen LogP contribution is -1.98. The van der Waals surface area contributed by atoms with E-state index in [1.807, 2.05) is 60.7 Å². The third-order valence-electron chi connectivity index (χ3n) is 4.50. The zero-order valence-electron chi connectivity index (χ0n) is 15.8. The Morgan fingerprint density at radius 1 is 0.643 bits per heavy atom. The van der Waals surface area contributed by atoms with Crippen LogP contribution in [0.15, 0.2) is 84.9 Å². The summed E-state index contributed by atoms with van der Waals surface area (Å²) >= 11 is 12.6. The van der Waals surface area contributed by atoms with Crippen molar-refractivity contribution in [1.82, 2.24) is 0 Å². The molecule has 0 heterocycles. The van der Waals surface area contributed by atoms with Crippen molar-refractivity contribution >= 4 is 33.8 Å². The Kier molecular flexibility index (Phi) is 8.02. The summed E-state index contributed by atoms with van der Waals surface area (Å²) in [5, 5.41) is 0.738. The smallest absolute Gasteiger partial charge is 0.119 e. The fraction of sp³-hybridized carbons (Fsp3) is 0.200. The number of rotatable bonds is 9. The first-order valence-corrected chi connectivity index (χ1v) is 10.5. The molecule has 144 valence electrons. The van der Waals surface area contributed by atoms with Gasteiger partial charge in [0, 0.05) is 11.5 Å². The molecule has 0 aliphatic heterocycles. The van der Waals surface area contributed by atoms with Gasteiger partial charge in [-0.25, -0.2) is 0 Å². The molecule has 0 aliphatic rings. The standard InChI is InChI=1S/C25H24Cl2O/c26-18-8-3-9-19-28-23-16-14-21(15-17-23)24(20-10-4-1-5-11-20)25(27)22-12-6-2-7-13-22/h1-2,4-7,10-17H,3,8-9,18-19H2/b25-24-. The molecule has 3 aromatic carbocycles. The number of alkyl halides is 1. The van der Waals surface area contributed by atoms with Gasteiger partial charge in [-0.1, -0.05) is 84.4 Å². The van der Waals surface area contributed by atoms with Gasteiger partial charge in [0.15, 0.2) is 0 Å². The zero-order valence-corrected chi connectivity index (χ0v) is 17.3. The summed E-state index contributed by atoms with van der Waals surface area (Å²) in [5.74, 6) is 1.59. The van der Waals surface area contributed by atoms with Gasteiger partial charge in [0.05, 0.1) is 11.6 Å². The first kappa shape index (κ1) is 20.5. The van der Waals surface area contributed by atoms with Gasteiger partial charge in [0.1, 0.15) is 5.75 Å². The van der Waals surface area contributed by atoms with Crippen molar-refractivity contribution in [2.75, 3.05) is 12.5 Å². The highest BCUT2D eigenvalue weighted by Crippen LogP contribution is 2.35. The van der Waals surface area contributed by atoms with E-state index in [0.29, 0.717) is 12.5 Å². The average Bonchev–Trinajstić information content (AvgIpc) is 2.76. The largest absolute Gasteiger partial charge is 0.494 e. The molecule has 0 aliphatic carbocycles. The van der Waals surface area contributed by atoms with Gasteiger partial charge in [-0.3, -0.25) is 0 Å². The van der Waals surface area contributed by atoms with Crippen LogP contribution in [-0.2, 0) is 0 Å². The molecule has 0 amide bonds. The van der Waals surface area contributed by atoms with E-state index < -0.39 is 0 Å². The van der Waals surface area contributed by atoms with Crippen molar-refractivity contribution < 1.29 is 4.74 Å². The van der Waals surface area contributed by atoms with E-state index in [0.717, 1.165) is 52.3 Å². The summed E-state index contributed by atoms with van der Waals surface area (Å²) in [5.41, 5.74) is 4.17. The predicted molar refractivity (Wildman–Crippen MR) is 121 cm³/mol. The third-order valence-corrected chi connectivity index (χ3v) is 5.17. The van der Waals surface area contributed by atoms with Gasteiger partial charge in [-0.15, -0.1) is 11.6 Å². The molecule has 0 unspecified atom stereocenters. The molecule has 1 nitrogen and oxygen atoms in total. The van der Waals surface area contributed by atoms with Crippen LogP contribution >= 0.6 is 23.2 Å². The van der Waals surface area contributed by atoms with Crippen LogP contribution in [0.2, 0.25) is 0 Å². The maximum atomic E-state index is 6.85. The highest BCUT2D eigenvalue weighted by atomic mass is 35.5. The molecule has 3 rings (SSSR count). The summed E-state index contributed by atoms with van der Waals surface area (Å²) in [7, 11) is 0. The fourth-order valence-electron chi connectivity index (χ4n) is 3.03. The molecule has 0 fully saturated rings. The molecule has 0 radical (unpaired) electrons. The Hall–Kier alpha value is -2.22. The van der Waals surface area contributed by atoms with Gasteiger partial charge in [0.25, 0.3) is 0 Å². The van der Waals surface area contributed by atoms with Crippen molar-refractivity contribution in [3.05, 3.63) is 102 Å². The Morgan fingerprint density at radius 2 is 1.21 bits per heavy atom. The van der Waals surface area contributed by atoms with Crippen LogP contribution in [0.4, 0.5) is 0 Å². The van der Waals surface area contributed by atoms with Crippen LogP contribution in [-0.4, -0.2) is 12.5 Å². The minimum absolute atomic E-state index is 0.711. The summed E-state index contributed by atoms with van der Waals surface area (Å²) in [6.45, 7) is 0.711. The topological polar surface area (TPSA) is 9.23 Å². The monoisotopic (exact) mass is 410 g/mol. The normalized spacial score (nSPS) is 11.8. The molecule has 0 bridgehead atoms. The number of hydrogen-bond acceptors (Lipinski definition) is 1. The van der Waals surface area contributed by atoms with Crippen LogP contribution < -0.4 is 4.74 Å². The lowest BCUT2D eigenvalue weighted by Gasteiger charge is -2.13. The molecule has 28 heavy (non-hydrogen) atoms. The van der Waals surface area contributed by atoms with Gasteiger partial charge in [-0.05, 0) is 48.1 Å². The second-order valence-corrected chi connectivity index (χ2v) is 7.30. The Morgan fingerprint density at radius 3 is 1.82 bits per heavy atom. The summed E-state index contributed by atoms with van der Waals surface area (Å²) in [6.07, 6.45) is 3.14. The lowest BCUT2D eigenvalue weighted by atomic mass is 9.95. The third kappa shape index (κ3) is 5.64. The van der Waals surface area contributed by atoms with Gasteiger partial charge in [-0.2, -0.15) is 0 Å². The van der Waals surface area contributed by atoms with Crippen LogP contribution in [0.25, 0.3) is 10.6 Å². The number of halogens is 2. The van der Waals surface area contributed by atoms with Gasteiger partial charge >= 0.3 is 0 Å². The highest BCUT2D eigenvalue weighted by molar-refractivity contribution is 6.53. The molecule has 3 aromatic rings. The predicted octanol–water partition coefficient (Wildman–Crippen LogP) is 7.63. The molecule has 0 aromatic heterocycles. The SMILES string of the molecule is ClCCCCCOc1ccc(/C(=C(\Cl)c2ccccc2)c2ccccc2)cc1. The van der Waals surface area contributed by atoms with E-state index in [1.54, 1.807) is 0 Å². The van der Waals surface area contributed by atoms with Crippen molar-refractivity contribution in [2.24, 2.45) is 0 Å². The fourth-order valence-corrected chi connectivity index (χ4v) is 3.57. The molecule has 3 heteroatoms. The molecular formula is C25H24Cl2O. The number of unbranched alkanes of at least 4 members (excludes halogenated alkanes) is 2. The summed E-state index contributed by atoms with van der Waals surface area (Å²) < 4.78 is 5.85. The Labute approximate surface area is 177 Å². The van der Waals surface area contributed by atoms with Crippen molar-refractivity contribution in [2.45, 2.75) is 19.3 Å². The van der Waals surface area contributed by atoms with Crippen molar-refractivity contribution in [1.29, 1.82) is 0 Å². The first-order chi connectivity index (χ1) is 13.8. The van der Waals surface area contributed by atoms with E-state index in [9.17, 15) is 0 Å². The van der Waals surface area contributed by atoms with E-state index in [1.165, 1.54) is 0 Å². The second kappa shape index (κ2) is 10.9. The Balaban J connectivity index is 1.85. The molecule has 0 saturated carbocycles. The van der Waals surface area contributed by atoms with Crippen LogP contribution in [0.1, 0.15) is 36.0 Å². The summed E-state index contributed by atoms with van der Waals surface area (Å²) in [6, 6.07) is 28.5. The molecule has 0 atom stereocenters. The van der Waals surface area contributed by atoms with Gasteiger partial charge in [0.2, 0.25) is 0 Å².